The highest BCUT2D eigenvalue weighted by Crippen LogP contribution is 2.34. The molecule has 0 spiro atoms. The summed E-state index contributed by atoms with van der Waals surface area (Å²) < 4.78 is 51.1. The summed E-state index contributed by atoms with van der Waals surface area (Å²) in [4.78, 5) is 29.8. The van der Waals surface area contributed by atoms with Gasteiger partial charge in [0, 0.05) is 42.5 Å². The number of rotatable bonds is 9. The van der Waals surface area contributed by atoms with Crippen molar-refractivity contribution in [3.8, 4) is 23.0 Å². The lowest BCUT2D eigenvalue weighted by molar-refractivity contribution is -0.134. The number of carbonyl (C=O) groups excluding carboxylic acids is 2. The van der Waals surface area contributed by atoms with Crippen molar-refractivity contribution in [1.29, 1.82) is 0 Å². The van der Waals surface area contributed by atoms with Gasteiger partial charge in [0.15, 0.2) is 11.5 Å². The van der Waals surface area contributed by atoms with Crippen molar-refractivity contribution in [3.63, 3.8) is 0 Å². The predicted octanol–water partition coefficient (Wildman–Crippen LogP) is 3.54. The molecule has 3 atom stereocenters. The Kier molecular flexibility index (Phi) is 9.77. The molecule has 0 aromatic heterocycles. The number of methoxy groups -OCH3 is 1. The van der Waals surface area contributed by atoms with Crippen LogP contribution in [-0.2, 0) is 21.2 Å². The number of nitrogens with zero attached hydrogens (tertiary/aromatic N) is 2. The maximum Gasteiger partial charge on any atom is 0.321 e. The molecule has 3 aromatic carbocycles. The molecule has 46 heavy (non-hydrogen) atoms. The Hall–Kier alpha value is -4.69. The summed E-state index contributed by atoms with van der Waals surface area (Å²) in [6.07, 6.45) is -0.648. The number of hydrogen-bond acceptors (Lipinski definition) is 9. The molecule has 0 saturated carbocycles. The summed E-state index contributed by atoms with van der Waals surface area (Å²) in [5.41, 5.74) is 1.24. The molecule has 13 nitrogen and oxygen atoms in total. The molecule has 0 saturated heterocycles. The Morgan fingerprint density at radius 1 is 1.07 bits per heavy atom. The lowest BCUT2D eigenvalue weighted by Crippen LogP contribution is -2.48. The molecule has 246 valence electrons. The van der Waals surface area contributed by atoms with Crippen molar-refractivity contribution in [2.45, 2.75) is 37.3 Å². The number of urea groups is 1. The van der Waals surface area contributed by atoms with E-state index in [2.05, 4.69) is 10.0 Å². The maximum absolute atomic E-state index is 13.5. The van der Waals surface area contributed by atoms with Gasteiger partial charge < -0.3 is 39.2 Å². The minimum atomic E-state index is -3.95. The molecule has 2 aliphatic rings. The first kappa shape index (κ1) is 32.7. The molecular formula is C32H38N4O9S. The van der Waals surface area contributed by atoms with Gasteiger partial charge in [0.1, 0.15) is 17.6 Å². The van der Waals surface area contributed by atoms with E-state index in [1.807, 2.05) is 6.92 Å². The topological polar surface area (TPSA) is 156 Å². The van der Waals surface area contributed by atoms with Gasteiger partial charge in [-0.15, -0.1) is 0 Å². The van der Waals surface area contributed by atoms with Crippen molar-refractivity contribution in [1.82, 2.24) is 9.80 Å². The average molecular weight is 655 g/mol. The fourth-order valence-electron chi connectivity index (χ4n) is 5.23. The number of nitrogens with one attached hydrogen (secondary N) is 2. The molecule has 3 amide bonds. The molecule has 0 radical (unpaired) electrons. The van der Waals surface area contributed by atoms with E-state index >= 15 is 0 Å². The number of carbonyl (C=O) groups is 2. The number of likely N-dealkylation sites (N-methyl/N-ethyl adjacent to an activating group) is 1. The van der Waals surface area contributed by atoms with Gasteiger partial charge >= 0.3 is 6.03 Å². The Morgan fingerprint density at radius 3 is 2.48 bits per heavy atom. The number of aliphatic hydroxyl groups excluding tert-OH is 1. The van der Waals surface area contributed by atoms with Crippen LogP contribution in [0.15, 0.2) is 65.6 Å². The number of sulfonamides is 1. The van der Waals surface area contributed by atoms with Crippen LogP contribution in [0.3, 0.4) is 0 Å². The normalized spacial score (nSPS) is 18.3. The summed E-state index contributed by atoms with van der Waals surface area (Å²) >= 11 is 0. The first-order valence-corrected chi connectivity index (χ1v) is 16.2. The smallest absolute Gasteiger partial charge is 0.321 e. The van der Waals surface area contributed by atoms with Crippen LogP contribution >= 0.6 is 0 Å². The van der Waals surface area contributed by atoms with Crippen molar-refractivity contribution in [2.24, 2.45) is 5.92 Å². The number of fused-ring (bicyclic) bond motifs is 2. The lowest BCUT2D eigenvalue weighted by Gasteiger charge is -2.34. The highest BCUT2D eigenvalue weighted by molar-refractivity contribution is 7.92. The van der Waals surface area contributed by atoms with Crippen molar-refractivity contribution < 1.29 is 42.1 Å². The highest BCUT2D eigenvalue weighted by Gasteiger charge is 2.32. The first-order valence-electron chi connectivity index (χ1n) is 14.8. The minimum Gasteiger partial charge on any atom is -0.497 e. The summed E-state index contributed by atoms with van der Waals surface area (Å²) in [7, 11) is -0.811. The number of hydrogen-bond donors (Lipinski definition) is 3. The standard InChI is InChI=1S/C32H38N4O9S/c1-20-16-36(21(2)18-37)31(38)14-22-13-24(34-46(40,41)26-9-7-25(42-4)8-10-26)6-11-27(22)45-30(20)17-35(3)32(39)33-23-5-12-28-29(15-23)44-19-43-28/h5-13,15,20-21,30,34,37H,14,16-19H2,1-4H3,(H,33,39)/t20-,21+,30-/m1/s1. The number of anilines is 2. The van der Waals surface area contributed by atoms with Crippen LogP contribution in [-0.4, -0.2) is 88.1 Å². The third-order valence-corrected chi connectivity index (χ3v) is 9.36. The molecule has 0 unspecified atom stereocenters. The molecule has 0 fully saturated rings. The first-order chi connectivity index (χ1) is 22.0. The van der Waals surface area contributed by atoms with Gasteiger partial charge in [0.2, 0.25) is 12.7 Å². The summed E-state index contributed by atoms with van der Waals surface area (Å²) in [6, 6.07) is 15.0. The summed E-state index contributed by atoms with van der Waals surface area (Å²) in [5, 5.41) is 12.8. The zero-order valence-electron chi connectivity index (χ0n) is 26.1. The van der Waals surface area contributed by atoms with Gasteiger partial charge in [-0.25, -0.2) is 13.2 Å². The number of ether oxygens (including phenoxy) is 4. The fraction of sp³-hybridized carbons (Fsp3) is 0.375. The minimum absolute atomic E-state index is 0.0445. The van der Waals surface area contributed by atoms with E-state index in [0.717, 1.165) is 0 Å². The van der Waals surface area contributed by atoms with Crippen LogP contribution in [0.25, 0.3) is 0 Å². The quantitative estimate of drug-likeness (QED) is 0.314. The highest BCUT2D eigenvalue weighted by atomic mass is 32.2. The number of benzene rings is 3. The Bertz CT molecular complexity index is 1680. The van der Waals surface area contributed by atoms with Gasteiger partial charge in [-0.1, -0.05) is 6.92 Å². The molecule has 14 heteroatoms. The van der Waals surface area contributed by atoms with Crippen molar-refractivity contribution in [2.75, 3.05) is 50.7 Å². The van der Waals surface area contributed by atoms with E-state index in [1.165, 1.54) is 24.1 Å². The van der Waals surface area contributed by atoms with Crippen LogP contribution in [0.5, 0.6) is 23.0 Å². The van der Waals surface area contributed by atoms with Crippen molar-refractivity contribution in [3.05, 3.63) is 66.2 Å². The second-order valence-corrected chi connectivity index (χ2v) is 13.1. The van der Waals surface area contributed by atoms with Gasteiger partial charge in [0.05, 0.1) is 37.6 Å². The zero-order valence-corrected chi connectivity index (χ0v) is 26.9. The largest absolute Gasteiger partial charge is 0.497 e. The van der Waals surface area contributed by atoms with E-state index < -0.39 is 22.2 Å². The predicted molar refractivity (Wildman–Crippen MR) is 170 cm³/mol. The molecule has 3 N–H and O–H groups in total. The molecule has 5 rings (SSSR count). The number of aliphatic hydroxyl groups is 1. The molecule has 2 aliphatic heterocycles. The van der Waals surface area contributed by atoms with Gasteiger partial charge in [0.25, 0.3) is 10.0 Å². The van der Waals surface area contributed by atoms with E-state index in [9.17, 15) is 23.1 Å². The molecule has 0 bridgehead atoms. The second kappa shape index (κ2) is 13.7. The van der Waals surface area contributed by atoms with Crippen LogP contribution < -0.4 is 29.0 Å². The van der Waals surface area contributed by atoms with Crippen LogP contribution in [0.4, 0.5) is 16.2 Å². The van der Waals surface area contributed by atoms with Gasteiger partial charge in [-0.05, 0) is 61.5 Å². The average Bonchev–Trinajstić information content (AvgIpc) is 3.52. The maximum atomic E-state index is 13.5. The number of amides is 3. The van der Waals surface area contributed by atoms with Gasteiger partial charge in [-0.2, -0.15) is 0 Å². The van der Waals surface area contributed by atoms with Gasteiger partial charge in [-0.3, -0.25) is 9.52 Å². The Balaban J connectivity index is 1.38. The molecule has 0 aliphatic carbocycles. The molecular weight excluding hydrogens is 616 g/mol. The van der Waals surface area contributed by atoms with E-state index in [4.69, 9.17) is 18.9 Å². The van der Waals surface area contributed by atoms with E-state index in [1.54, 1.807) is 67.4 Å². The second-order valence-electron chi connectivity index (χ2n) is 11.4. The summed E-state index contributed by atoms with van der Waals surface area (Å²) in [6.45, 7) is 3.99. The Morgan fingerprint density at radius 2 is 1.76 bits per heavy atom. The zero-order chi connectivity index (χ0) is 33.0. The lowest BCUT2D eigenvalue weighted by atomic mass is 10.0. The van der Waals surface area contributed by atoms with Crippen LogP contribution in [0, 0.1) is 5.92 Å². The SMILES string of the molecule is COc1ccc(S(=O)(=O)Nc2ccc3c(c2)CC(=O)N([C@@H](C)CO)C[C@@H](C)[C@@H](CN(C)C(=O)Nc2ccc4c(c2)OCO4)O3)cc1. The van der Waals surface area contributed by atoms with Crippen molar-refractivity contribution >= 4 is 33.3 Å². The fourth-order valence-corrected chi connectivity index (χ4v) is 6.28. The van der Waals surface area contributed by atoms with Crippen LogP contribution in [0.2, 0.25) is 0 Å². The molecule has 3 aromatic rings. The Labute approximate surface area is 268 Å². The van der Waals surface area contributed by atoms with E-state index in [-0.39, 0.29) is 61.3 Å². The monoisotopic (exact) mass is 654 g/mol. The third-order valence-electron chi connectivity index (χ3n) is 7.96. The van der Waals surface area contributed by atoms with E-state index in [0.29, 0.717) is 34.2 Å². The van der Waals surface area contributed by atoms with Crippen LogP contribution in [0.1, 0.15) is 19.4 Å². The summed E-state index contributed by atoms with van der Waals surface area (Å²) in [5.74, 6) is 1.55. The molecule has 2 heterocycles. The third kappa shape index (κ3) is 7.40.